The van der Waals surface area contributed by atoms with Gasteiger partial charge >= 0.3 is 5.97 Å². The van der Waals surface area contributed by atoms with Crippen LogP contribution in [0, 0.1) is 5.92 Å². The first kappa shape index (κ1) is 19.8. The van der Waals surface area contributed by atoms with Crippen LogP contribution in [-0.2, 0) is 9.53 Å². The maximum Gasteiger partial charge on any atom is 0.338 e. The molecule has 0 bridgehead atoms. The maximum absolute atomic E-state index is 12.4. The Labute approximate surface area is 165 Å². The van der Waals surface area contributed by atoms with Crippen molar-refractivity contribution in [3.63, 3.8) is 0 Å². The molecule has 0 radical (unpaired) electrons. The molecule has 1 aliphatic carbocycles. The molecule has 1 saturated carbocycles. The number of hydrogen-bond acceptors (Lipinski definition) is 4. The monoisotopic (exact) mass is 379 g/mol. The normalized spacial score (nSPS) is 18.9. The van der Waals surface area contributed by atoms with Crippen LogP contribution >= 0.6 is 0 Å². The minimum Gasteiger partial charge on any atom is -0.452 e. The van der Waals surface area contributed by atoms with E-state index < -0.39 is 5.97 Å². The van der Waals surface area contributed by atoms with Crippen molar-refractivity contribution in [1.29, 1.82) is 0 Å². The molecule has 1 N–H and O–H groups in total. The Hall–Kier alpha value is -2.95. The number of esters is 1. The lowest BCUT2D eigenvalue weighted by atomic mass is 9.87. The molecule has 1 fully saturated rings. The van der Waals surface area contributed by atoms with Gasteiger partial charge in [-0.3, -0.25) is 9.59 Å². The number of benzene rings is 2. The molecular weight excluding hydrogens is 354 g/mol. The molecule has 2 aromatic carbocycles. The van der Waals surface area contributed by atoms with Crippen molar-refractivity contribution in [1.82, 2.24) is 5.32 Å². The van der Waals surface area contributed by atoms with Gasteiger partial charge in [-0.2, -0.15) is 0 Å². The quantitative estimate of drug-likeness (QED) is 0.613. The summed E-state index contributed by atoms with van der Waals surface area (Å²) in [6.45, 7) is 1.92. The fourth-order valence-electron chi connectivity index (χ4n) is 3.40. The Bertz CT molecular complexity index is 821. The summed E-state index contributed by atoms with van der Waals surface area (Å²) in [5.74, 6) is -0.251. The van der Waals surface area contributed by atoms with E-state index in [0.717, 1.165) is 25.7 Å². The van der Waals surface area contributed by atoms with Gasteiger partial charge in [-0.1, -0.05) is 49.4 Å². The lowest BCUT2D eigenvalue weighted by Crippen LogP contribution is -2.39. The number of hydrogen-bond donors (Lipinski definition) is 1. The van der Waals surface area contributed by atoms with Crippen molar-refractivity contribution >= 4 is 17.7 Å². The third kappa shape index (κ3) is 5.28. The highest BCUT2D eigenvalue weighted by atomic mass is 16.5. The van der Waals surface area contributed by atoms with Gasteiger partial charge < -0.3 is 10.1 Å². The number of ether oxygens (including phenoxy) is 1. The predicted octanol–water partition coefficient (Wildman–Crippen LogP) is 3.77. The second kappa shape index (κ2) is 9.31. The van der Waals surface area contributed by atoms with Crippen LogP contribution in [0.5, 0.6) is 0 Å². The van der Waals surface area contributed by atoms with Crippen LogP contribution in [0.4, 0.5) is 0 Å². The van der Waals surface area contributed by atoms with Crippen molar-refractivity contribution < 1.29 is 19.1 Å². The third-order valence-corrected chi connectivity index (χ3v) is 5.13. The highest BCUT2D eigenvalue weighted by Crippen LogP contribution is 2.23. The summed E-state index contributed by atoms with van der Waals surface area (Å²) in [6, 6.07) is 15.4. The van der Waals surface area contributed by atoms with Crippen molar-refractivity contribution in [3.05, 3.63) is 71.3 Å². The second-order valence-electron chi connectivity index (χ2n) is 7.37. The molecule has 0 unspecified atom stereocenters. The molecule has 5 heteroatoms. The van der Waals surface area contributed by atoms with Crippen LogP contribution in [0.15, 0.2) is 54.6 Å². The first-order valence-corrected chi connectivity index (χ1v) is 9.69. The van der Waals surface area contributed by atoms with Crippen LogP contribution in [-0.4, -0.2) is 30.3 Å². The number of rotatable bonds is 6. The Morgan fingerprint density at radius 3 is 2.07 bits per heavy atom. The standard InChI is InChI=1S/C23H25NO4/c1-16-7-13-20(14-8-16)24-21(25)15-28-23(27)19-11-9-18(10-12-19)22(26)17-5-3-2-4-6-17/h2-6,9-12,16,20H,7-8,13-15H2,1H3,(H,24,25). The fourth-order valence-corrected chi connectivity index (χ4v) is 3.40. The van der Waals surface area contributed by atoms with Crippen molar-refractivity contribution in [2.45, 2.75) is 38.6 Å². The van der Waals surface area contributed by atoms with E-state index in [0.29, 0.717) is 22.6 Å². The Balaban J connectivity index is 1.49. The van der Waals surface area contributed by atoms with Crippen LogP contribution in [0.1, 0.15) is 58.9 Å². The van der Waals surface area contributed by atoms with Crippen molar-refractivity contribution in [2.75, 3.05) is 6.61 Å². The molecule has 0 saturated heterocycles. The van der Waals surface area contributed by atoms with Crippen LogP contribution < -0.4 is 5.32 Å². The minimum atomic E-state index is -0.578. The van der Waals surface area contributed by atoms with E-state index in [2.05, 4.69) is 12.2 Å². The molecule has 0 aliphatic heterocycles. The van der Waals surface area contributed by atoms with E-state index in [1.165, 1.54) is 0 Å². The van der Waals surface area contributed by atoms with Gasteiger partial charge in [-0.05, 0) is 43.7 Å². The number of amides is 1. The third-order valence-electron chi connectivity index (χ3n) is 5.13. The molecule has 0 atom stereocenters. The summed E-state index contributed by atoms with van der Waals surface area (Å²) in [6.07, 6.45) is 4.16. The van der Waals surface area contributed by atoms with Gasteiger partial charge in [0, 0.05) is 17.2 Å². The van der Waals surface area contributed by atoms with Crippen LogP contribution in [0.3, 0.4) is 0 Å². The van der Waals surface area contributed by atoms with Crippen molar-refractivity contribution in [2.24, 2.45) is 5.92 Å². The first-order chi connectivity index (χ1) is 13.5. The van der Waals surface area contributed by atoms with Gasteiger partial charge in [0.05, 0.1) is 5.56 Å². The summed E-state index contributed by atoms with van der Waals surface area (Å²) in [5, 5.41) is 2.93. The molecule has 0 heterocycles. The van der Waals surface area contributed by atoms with Gasteiger partial charge in [0.2, 0.25) is 0 Å². The summed E-state index contributed by atoms with van der Waals surface area (Å²) < 4.78 is 5.10. The van der Waals surface area contributed by atoms with Crippen molar-refractivity contribution in [3.8, 4) is 0 Å². The molecule has 1 amide bonds. The SMILES string of the molecule is CC1CCC(NC(=O)COC(=O)c2ccc(C(=O)c3ccccc3)cc2)CC1. The summed E-state index contributed by atoms with van der Waals surface area (Å²) >= 11 is 0. The van der Waals surface area contributed by atoms with Gasteiger partial charge in [0.1, 0.15) is 0 Å². The molecule has 0 aromatic heterocycles. The van der Waals surface area contributed by atoms with E-state index >= 15 is 0 Å². The minimum absolute atomic E-state index is 0.110. The lowest BCUT2D eigenvalue weighted by molar-refractivity contribution is -0.125. The predicted molar refractivity (Wildman–Crippen MR) is 106 cm³/mol. The smallest absolute Gasteiger partial charge is 0.338 e. The highest BCUT2D eigenvalue weighted by Gasteiger charge is 2.20. The zero-order valence-corrected chi connectivity index (χ0v) is 16.0. The molecule has 146 valence electrons. The largest absolute Gasteiger partial charge is 0.452 e. The highest BCUT2D eigenvalue weighted by molar-refractivity contribution is 6.09. The molecule has 3 rings (SSSR count). The van der Waals surface area contributed by atoms with Gasteiger partial charge in [-0.15, -0.1) is 0 Å². The van der Waals surface area contributed by atoms with E-state index in [1.807, 2.05) is 6.07 Å². The van der Waals surface area contributed by atoms with E-state index in [-0.39, 0.29) is 24.3 Å². The maximum atomic E-state index is 12.4. The molecule has 5 nitrogen and oxygen atoms in total. The Morgan fingerprint density at radius 2 is 1.43 bits per heavy atom. The zero-order chi connectivity index (χ0) is 19.9. The molecule has 2 aromatic rings. The van der Waals surface area contributed by atoms with Gasteiger partial charge in [0.15, 0.2) is 12.4 Å². The molecular formula is C23H25NO4. The lowest BCUT2D eigenvalue weighted by Gasteiger charge is -2.26. The Kier molecular flexibility index (Phi) is 6.58. The van der Waals surface area contributed by atoms with E-state index in [9.17, 15) is 14.4 Å². The number of ketones is 1. The van der Waals surface area contributed by atoms with E-state index in [1.54, 1.807) is 48.5 Å². The number of carbonyl (C=O) groups is 3. The zero-order valence-electron chi connectivity index (χ0n) is 16.0. The van der Waals surface area contributed by atoms with Gasteiger partial charge in [-0.25, -0.2) is 4.79 Å². The Morgan fingerprint density at radius 1 is 0.857 bits per heavy atom. The first-order valence-electron chi connectivity index (χ1n) is 9.69. The fraction of sp³-hybridized carbons (Fsp3) is 0.348. The van der Waals surface area contributed by atoms with Gasteiger partial charge in [0.25, 0.3) is 5.91 Å². The summed E-state index contributed by atoms with van der Waals surface area (Å²) in [7, 11) is 0. The molecule has 0 spiro atoms. The average molecular weight is 379 g/mol. The van der Waals surface area contributed by atoms with Crippen LogP contribution in [0.25, 0.3) is 0 Å². The van der Waals surface area contributed by atoms with Crippen LogP contribution in [0.2, 0.25) is 0 Å². The molecule has 1 aliphatic rings. The topological polar surface area (TPSA) is 72.5 Å². The number of nitrogens with one attached hydrogen (secondary N) is 1. The van der Waals surface area contributed by atoms with E-state index in [4.69, 9.17) is 4.74 Å². The molecule has 28 heavy (non-hydrogen) atoms. The average Bonchev–Trinajstić information content (AvgIpc) is 2.74. The second-order valence-corrected chi connectivity index (χ2v) is 7.37. The number of carbonyl (C=O) groups excluding carboxylic acids is 3. The summed E-state index contributed by atoms with van der Waals surface area (Å²) in [4.78, 5) is 36.5. The summed E-state index contributed by atoms with van der Waals surface area (Å²) in [5.41, 5.74) is 1.39.